The lowest BCUT2D eigenvalue weighted by Gasteiger charge is -2.16. The van der Waals surface area contributed by atoms with E-state index in [1.54, 1.807) is 0 Å². The van der Waals surface area contributed by atoms with Crippen LogP contribution in [-0.4, -0.2) is 13.2 Å². The molecule has 2 aromatic rings. The van der Waals surface area contributed by atoms with Crippen LogP contribution >= 0.6 is 0 Å². The third-order valence-electron chi connectivity index (χ3n) is 3.93. The first kappa shape index (κ1) is 16.5. The molecule has 0 amide bonds. The standard InChI is InChI=1S/C19H24FNO/c1-2-15-6-3-4-8-19(15)22-13-5-7-17(14-21)16-9-11-18(20)12-10-16/h3-4,6,8-12,17H,2,5,7,13-14,21H2,1H3. The predicted octanol–water partition coefficient (Wildman–Crippen LogP) is 4.29. The third-order valence-corrected chi connectivity index (χ3v) is 3.93. The number of hydrogen-bond acceptors (Lipinski definition) is 2. The second kappa shape index (κ2) is 8.54. The lowest BCUT2D eigenvalue weighted by Crippen LogP contribution is -2.14. The fourth-order valence-corrected chi connectivity index (χ4v) is 2.60. The van der Waals surface area contributed by atoms with E-state index in [1.165, 1.54) is 17.7 Å². The Morgan fingerprint density at radius 2 is 1.82 bits per heavy atom. The first-order chi connectivity index (χ1) is 10.7. The fraction of sp³-hybridized carbons (Fsp3) is 0.368. The highest BCUT2D eigenvalue weighted by atomic mass is 19.1. The summed E-state index contributed by atoms with van der Waals surface area (Å²) in [6, 6.07) is 14.8. The van der Waals surface area contributed by atoms with Crippen LogP contribution in [0.2, 0.25) is 0 Å². The first-order valence-corrected chi connectivity index (χ1v) is 7.90. The molecule has 1 atom stereocenters. The number of rotatable bonds is 8. The molecule has 0 aliphatic rings. The van der Waals surface area contributed by atoms with Crippen molar-refractivity contribution >= 4 is 0 Å². The molecule has 0 fully saturated rings. The maximum Gasteiger partial charge on any atom is 0.123 e. The summed E-state index contributed by atoms with van der Waals surface area (Å²) in [6.45, 7) is 3.37. The average Bonchev–Trinajstić information content (AvgIpc) is 2.56. The van der Waals surface area contributed by atoms with E-state index >= 15 is 0 Å². The number of aryl methyl sites for hydroxylation is 1. The molecule has 1 unspecified atom stereocenters. The van der Waals surface area contributed by atoms with Crippen LogP contribution in [0.15, 0.2) is 48.5 Å². The first-order valence-electron chi connectivity index (χ1n) is 7.90. The molecule has 3 heteroatoms. The lowest BCUT2D eigenvalue weighted by molar-refractivity contribution is 0.299. The van der Waals surface area contributed by atoms with Crippen LogP contribution in [0.25, 0.3) is 0 Å². The molecule has 118 valence electrons. The number of benzene rings is 2. The molecule has 0 aliphatic heterocycles. The van der Waals surface area contributed by atoms with E-state index in [9.17, 15) is 4.39 Å². The van der Waals surface area contributed by atoms with Crippen molar-refractivity contribution in [2.75, 3.05) is 13.2 Å². The molecule has 0 spiro atoms. The van der Waals surface area contributed by atoms with Crippen LogP contribution in [0.4, 0.5) is 4.39 Å². The van der Waals surface area contributed by atoms with Gasteiger partial charge in [0.2, 0.25) is 0 Å². The van der Waals surface area contributed by atoms with Gasteiger partial charge in [-0.05, 0) is 61.1 Å². The Kier molecular flexibility index (Phi) is 6.41. The molecular weight excluding hydrogens is 277 g/mol. The molecule has 0 heterocycles. The molecule has 2 nitrogen and oxygen atoms in total. The van der Waals surface area contributed by atoms with Crippen molar-refractivity contribution in [3.05, 3.63) is 65.5 Å². The molecule has 22 heavy (non-hydrogen) atoms. The van der Waals surface area contributed by atoms with Gasteiger partial charge in [0, 0.05) is 0 Å². The van der Waals surface area contributed by atoms with Gasteiger partial charge in [0.05, 0.1) is 6.61 Å². The summed E-state index contributed by atoms with van der Waals surface area (Å²) in [7, 11) is 0. The lowest BCUT2D eigenvalue weighted by atomic mass is 9.94. The largest absolute Gasteiger partial charge is 0.493 e. The summed E-state index contributed by atoms with van der Waals surface area (Å²) < 4.78 is 18.8. The minimum atomic E-state index is -0.209. The van der Waals surface area contributed by atoms with Gasteiger partial charge < -0.3 is 10.5 Å². The predicted molar refractivity (Wildman–Crippen MR) is 88.7 cm³/mol. The summed E-state index contributed by atoms with van der Waals surface area (Å²) in [5, 5.41) is 0. The fourth-order valence-electron chi connectivity index (χ4n) is 2.60. The Hall–Kier alpha value is -1.87. The number of halogens is 1. The van der Waals surface area contributed by atoms with E-state index in [1.807, 2.05) is 30.3 Å². The maximum absolute atomic E-state index is 13.0. The average molecular weight is 301 g/mol. The van der Waals surface area contributed by atoms with Crippen molar-refractivity contribution in [3.63, 3.8) is 0 Å². The molecule has 0 aliphatic carbocycles. The normalized spacial score (nSPS) is 12.1. The van der Waals surface area contributed by atoms with Crippen molar-refractivity contribution in [1.82, 2.24) is 0 Å². The van der Waals surface area contributed by atoms with Gasteiger partial charge in [-0.3, -0.25) is 0 Å². The quantitative estimate of drug-likeness (QED) is 0.738. The van der Waals surface area contributed by atoms with Crippen molar-refractivity contribution in [1.29, 1.82) is 0 Å². The van der Waals surface area contributed by atoms with Crippen molar-refractivity contribution in [2.24, 2.45) is 5.73 Å². The van der Waals surface area contributed by atoms with Crippen LogP contribution in [-0.2, 0) is 6.42 Å². The maximum atomic E-state index is 13.0. The van der Waals surface area contributed by atoms with Gasteiger partial charge in [-0.1, -0.05) is 37.3 Å². The second-order valence-electron chi connectivity index (χ2n) is 5.44. The Morgan fingerprint density at radius 3 is 2.50 bits per heavy atom. The van der Waals surface area contributed by atoms with Crippen LogP contribution < -0.4 is 10.5 Å². The van der Waals surface area contributed by atoms with E-state index < -0.39 is 0 Å². The van der Waals surface area contributed by atoms with Crippen molar-refractivity contribution in [2.45, 2.75) is 32.1 Å². The topological polar surface area (TPSA) is 35.2 Å². The summed E-state index contributed by atoms with van der Waals surface area (Å²) in [4.78, 5) is 0. The van der Waals surface area contributed by atoms with Gasteiger partial charge in [0.25, 0.3) is 0 Å². The van der Waals surface area contributed by atoms with Gasteiger partial charge in [0.15, 0.2) is 0 Å². The monoisotopic (exact) mass is 301 g/mol. The Labute approximate surface area is 132 Å². The molecule has 0 saturated carbocycles. The zero-order chi connectivity index (χ0) is 15.8. The summed E-state index contributed by atoms with van der Waals surface area (Å²) in [6.07, 6.45) is 2.84. The molecule has 0 radical (unpaired) electrons. The Balaban J connectivity index is 1.83. The Morgan fingerprint density at radius 1 is 1.09 bits per heavy atom. The van der Waals surface area contributed by atoms with E-state index in [0.29, 0.717) is 13.2 Å². The smallest absolute Gasteiger partial charge is 0.123 e. The molecule has 2 rings (SSSR count). The molecular formula is C19H24FNO. The van der Waals surface area contributed by atoms with Crippen molar-refractivity contribution in [3.8, 4) is 5.75 Å². The number of para-hydroxylation sites is 1. The summed E-state index contributed by atoms with van der Waals surface area (Å²) in [5.74, 6) is 1.01. The van der Waals surface area contributed by atoms with E-state index in [4.69, 9.17) is 10.5 Å². The van der Waals surface area contributed by atoms with Crippen LogP contribution in [0.3, 0.4) is 0 Å². The third kappa shape index (κ3) is 4.57. The molecule has 2 aromatic carbocycles. The number of hydrogen-bond donors (Lipinski definition) is 1. The SMILES string of the molecule is CCc1ccccc1OCCCC(CN)c1ccc(F)cc1. The van der Waals surface area contributed by atoms with Gasteiger partial charge in [-0.25, -0.2) is 4.39 Å². The van der Waals surface area contributed by atoms with Crippen molar-refractivity contribution < 1.29 is 9.13 Å². The minimum Gasteiger partial charge on any atom is -0.493 e. The van der Waals surface area contributed by atoms with Crippen LogP contribution in [0.5, 0.6) is 5.75 Å². The number of nitrogens with two attached hydrogens (primary N) is 1. The highest BCUT2D eigenvalue weighted by molar-refractivity contribution is 5.33. The van der Waals surface area contributed by atoms with Gasteiger partial charge in [-0.2, -0.15) is 0 Å². The molecule has 0 aromatic heterocycles. The highest BCUT2D eigenvalue weighted by Crippen LogP contribution is 2.22. The number of ether oxygens (including phenoxy) is 1. The molecule has 2 N–H and O–H groups in total. The van der Waals surface area contributed by atoms with Crippen LogP contribution in [0, 0.1) is 5.82 Å². The Bertz CT molecular complexity index is 568. The van der Waals surface area contributed by atoms with Gasteiger partial charge in [0.1, 0.15) is 11.6 Å². The van der Waals surface area contributed by atoms with Gasteiger partial charge in [-0.15, -0.1) is 0 Å². The zero-order valence-electron chi connectivity index (χ0n) is 13.1. The van der Waals surface area contributed by atoms with E-state index in [2.05, 4.69) is 13.0 Å². The molecule has 0 saturated heterocycles. The van der Waals surface area contributed by atoms with Gasteiger partial charge >= 0.3 is 0 Å². The van der Waals surface area contributed by atoms with E-state index in [-0.39, 0.29) is 11.7 Å². The van der Waals surface area contributed by atoms with Crippen LogP contribution in [0.1, 0.15) is 36.8 Å². The van der Waals surface area contributed by atoms with E-state index in [0.717, 1.165) is 30.6 Å². The summed E-state index contributed by atoms with van der Waals surface area (Å²) in [5.41, 5.74) is 8.18. The summed E-state index contributed by atoms with van der Waals surface area (Å²) >= 11 is 0. The minimum absolute atomic E-state index is 0.209. The highest BCUT2D eigenvalue weighted by Gasteiger charge is 2.10. The second-order valence-corrected chi connectivity index (χ2v) is 5.44. The molecule has 0 bridgehead atoms. The zero-order valence-corrected chi connectivity index (χ0v) is 13.1.